The van der Waals surface area contributed by atoms with Crippen LogP contribution >= 0.6 is 0 Å². The van der Waals surface area contributed by atoms with E-state index in [2.05, 4.69) is 14.7 Å². The summed E-state index contributed by atoms with van der Waals surface area (Å²) < 4.78 is 16.1. The summed E-state index contributed by atoms with van der Waals surface area (Å²) in [6.07, 6.45) is 5.89. The van der Waals surface area contributed by atoms with Gasteiger partial charge in [-0.05, 0) is 0 Å². The zero-order valence-electron chi connectivity index (χ0n) is 5.76. The summed E-state index contributed by atoms with van der Waals surface area (Å²) in [6.45, 7) is 0. The molecule has 0 radical (unpaired) electrons. The van der Waals surface area contributed by atoms with Crippen molar-refractivity contribution in [2.75, 3.05) is 12.5 Å². The van der Waals surface area contributed by atoms with Crippen LogP contribution in [0.15, 0.2) is 17.1 Å². The Hall–Kier alpha value is -0.910. The summed E-state index contributed by atoms with van der Waals surface area (Å²) >= 11 is 0. The van der Waals surface area contributed by atoms with Crippen molar-refractivity contribution in [3.8, 4) is 0 Å². The normalized spacial score (nSPS) is 11.4. The fourth-order valence-electron chi connectivity index (χ4n) is 0.464. The third-order valence-corrected chi connectivity index (χ3v) is 1.28. The quantitative estimate of drug-likeness (QED) is 0.570. The predicted molar refractivity (Wildman–Crippen MR) is 37.8 cm³/mol. The van der Waals surface area contributed by atoms with Crippen LogP contribution in [0.5, 0.6) is 0 Å². The van der Waals surface area contributed by atoms with Gasteiger partial charge in [-0.3, -0.25) is 0 Å². The maximum absolute atomic E-state index is 11.0. The number of aromatic nitrogens is 3. The molecule has 1 heterocycles. The Bertz CT molecular complexity index is 300. The van der Waals surface area contributed by atoms with Gasteiger partial charge in [-0.15, -0.1) is 14.7 Å². The van der Waals surface area contributed by atoms with E-state index in [4.69, 9.17) is 0 Å². The van der Waals surface area contributed by atoms with Crippen molar-refractivity contribution < 1.29 is 4.21 Å². The molecule has 0 bridgehead atoms. The van der Waals surface area contributed by atoms with Crippen LogP contribution < -0.4 is 0 Å². The van der Waals surface area contributed by atoms with Crippen molar-refractivity contribution in [3.63, 3.8) is 0 Å². The van der Waals surface area contributed by atoms with Gasteiger partial charge in [0.2, 0.25) is 0 Å². The molecule has 0 saturated heterocycles. The van der Waals surface area contributed by atoms with Crippen molar-refractivity contribution in [2.45, 2.75) is 0 Å². The molecular weight excluding hydrogens is 152 g/mol. The molecule has 0 fully saturated rings. The molecule has 0 atom stereocenters. The molecule has 0 aromatic carbocycles. The van der Waals surface area contributed by atoms with Gasteiger partial charge in [0.05, 0.1) is 9.73 Å². The van der Waals surface area contributed by atoms with Gasteiger partial charge in [0, 0.05) is 12.5 Å². The first-order valence-corrected chi connectivity index (χ1v) is 4.93. The molecule has 0 amide bonds. The van der Waals surface area contributed by atoms with E-state index in [0.717, 1.165) is 0 Å². The minimum Gasteiger partial charge on any atom is -0.248 e. The van der Waals surface area contributed by atoms with E-state index in [9.17, 15) is 4.21 Å². The molecule has 0 spiro atoms. The van der Waals surface area contributed by atoms with Gasteiger partial charge in [0.25, 0.3) is 0 Å². The lowest BCUT2D eigenvalue weighted by atomic mass is 11.3. The van der Waals surface area contributed by atoms with Crippen LogP contribution in [0.25, 0.3) is 0 Å². The zero-order chi connectivity index (χ0) is 7.61. The van der Waals surface area contributed by atoms with Crippen LogP contribution in [-0.2, 0) is 9.73 Å². The van der Waals surface area contributed by atoms with Crippen LogP contribution in [0, 0.1) is 0 Å². The summed E-state index contributed by atoms with van der Waals surface area (Å²) in [6, 6.07) is 0. The number of hydrogen-bond donors (Lipinski definition) is 0. The van der Waals surface area contributed by atoms with Crippen molar-refractivity contribution in [2.24, 2.45) is 4.47 Å². The first-order valence-electron chi connectivity index (χ1n) is 2.60. The molecule has 56 valence electrons. The molecule has 1 rings (SSSR count). The minimum absolute atomic E-state index is 1.34. The molecule has 0 N–H and O–H groups in total. The molecular formula is C4H8N4OS. The SMILES string of the molecule is CS(C)(=O)=Nn1cnnc1. The Morgan fingerprint density at radius 3 is 2.30 bits per heavy atom. The highest BCUT2D eigenvalue weighted by molar-refractivity contribution is 7.92. The van der Waals surface area contributed by atoms with Gasteiger partial charge in [0.15, 0.2) is 0 Å². The number of nitrogens with zero attached hydrogens (tertiary/aromatic N) is 4. The van der Waals surface area contributed by atoms with E-state index < -0.39 is 9.73 Å². The topological polar surface area (TPSA) is 60.1 Å². The van der Waals surface area contributed by atoms with Gasteiger partial charge < -0.3 is 0 Å². The average Bonchev–Trinajstić information content (AvgIpc) is 2.12. The van der Waals surface area contributed by atoms with E-state index in [-0.39, 0.29) is 0 Å². The summed E-state index contributed by atoms with van der Waals surface area (Å²) in [7, 11) is -2.09. The molecule has 0 unspecified atom stereocenters. The molecule has 0 aliphatic carbocycles. The lowest BCUT2D eigenvalue weighted by Gasteiger charge is -1.91. The molecule has 0 saturated carbocycles. The Kier molecular flexibility index (Phi) is 1.71. The fraction of sp³-hybridized carbons (Fsp3) is 0.500. The Morgan fingerprint density at radius 1 is 1.40 bits per heavy atom. The maximum atomic E-state index is 11.0. The molecule has 10 heavy (non-hydrogen) atoms. The molecule has 1 aromatic rings. The highest BCUT2D eigenvalue weighted by Crippen LogP contribution is 1.86. The van der Waals surface area contributed by atoms with Crippen LogP contribution in [0.3, 0.4) is 0 Å². The zero-order valence-corrected chi connectivity index (χ0v) is 6.58. The van der Waals surface area contributed by atoms with Crippen LogP contribution in [-0.4, -0.2) is 31.6 Å². The summed E-state index contributed by atoms with van der Waals surface area (Å²) in [4.78, 5) is 0. The molecule has 5 nitrogen and oxygen atoms in total. The lowest BCUT2D eigenvalue weighted by molar-refractivity contribution is 0.678. The first-order chi connectivity index (χ1) is 4.58. The van der Waals surface area contributed by atoms with Crippen molar-refractivity contribution in [3.05, 3.63) is 12.7 Å². The van der Waals surface area contributed by atoms with Crippen molar-refractivity contribution in [1.29, 1.82) is 0 Å². The Labute approximate surface area is 59.2 Å². The second-order valence-corrected chi connectivity index (χ2v) is 4.63. The highest BCUT2D eigenvalue weighted by Gasteiger charge is 1.89. The largest absolute Gasteiger partial charge is 0.248 e. The van der Waals surface area contributed by atoms with E-state index in [0.29, 0.717) is 0 Å². The van der Waals surface area contributed by atoms with E-state index in [1.54, 1.807) is 12.5 Å². The van der Waals surface area contributed by atoms with Gasteiger partial charge in [-0.25, -0.2) is 4.21 Å². The van der Waals surface area contributed by atoms with Gasteiger partial charge in [-0.2, -0.15) is 4.68 Å². The lowest BCUT2D eigenvalue weighted by Crippen LogP contribution is -1.95. The highest BCUT2D eigenvalue weighted by atomic mass is 32.2. The third kappa shape index (κ3) is 2.14. The minimum atomic E-state index is -2.09. The standard InChI is InChI=1S/C4H8N4OS/c1-10(2,9)7-8-3-5-6-4-8/h3-4H,1-2H3. The van der Waals surface area contributed by atoms with E-state index in [1.165, 1.54) is 17.3 Å². The van der Waals surface area contributed by atoms with E-state index in [1.807, 2.05) is 0 Å². The third-order valence-electron chi connectivity index (χ3n) is 0.697. The second-order valence-electron chi connectivity index (χ2n) is 2.10. The van der Waals surface area contributed by atoms with Crippen molar-refractivity contribution in [1.82, 2.24) is 14.9 Å². The van der Waals surface area contributed by atoms with Gasteiger partial charge >= 0.3 is 0 Å². The second kappa shape index (κ2) is 2.37. The van der Waals surface area contributed by atoms with Crippen molar-refractivity contribution >= 4 is 9.73 Å². The van der Waals surface area contributed by atoms with Gasteiger partial charge in [0.1, 0.15) is 12.7 Å². The molecule has 0 aliphatic heterocycles. The summed E-state index contributed by atoms with van der Waals surface area (Å²) in [5.74, 6) is 0. The maximum Gasteiger partial charge on any atom is 0.142 e. The molecule has 1 aromatic heterocycles. The van der Waals surface area contributed by atoms with Gasteiger partial charge in [-0.1, -0.05) is 0 Å². The fourth-order valence-corrected chi connectivity index (χ4v) is 1.00. The Morgan fingerprint density at radius 2 is 1.90 bits per heavy atom. The smallest absolute Gasteiger partial charge is 0.142 e. The van der Waals surface area contributed by atoms with Crippen LogP contribution in [0.2, 0.25) is 0 Å². The average molecular weight is 160 g/mol. The predicted octanol–water partition coefficient (Wildman–Crippen LogP) is -0.231. The van der Waals surface area contributed by atoms with Crippen LogP contribution in [0.4, 0.5) is 0 Å². The first kappa shape index (κ1) is 7.20. The number of rotatable bonds is 1. The molecule has 0 aliphatic rings. The van der Waals surface area contributed by atoms with Crippen LogP contribution in [0.1, 0.15) is 0 Å². The molecule has 6 heteroatoms. The Balaban J connectivity index is 3.04. The summed E-state index contributed by atoms with van der Waals surface area (Å²) in [5, 5.41) is 7.00. The van der Waals surface area contributed by atoms with E-state index >= 15 is 0 Å². The number of hydrogen-bond acceptors (Lipinski definition) is 4. The monoisotopic (exact) mass is 160 g/mol. The summed E-state index contributed by atoms with van der Waals surface area (Å²) in [5.41, 5.74) is 0.